The van der Waals surface area contributed by atoms with Gasteiger partial charge in [-0.3, -0.25) is 14.4 Å². The number of nitrogens with zero attached hydrogens (tertiary/aromatic N) is 5. The molecule has 0 aliphatic rings. The Morgan fingerprint density at radius 3 is 2.27 bits per heavy atom. The third-order valence-corrected chi connectivity index (χ3v) is 7.48. The van der Waals surface area contributed by atoms with Crippen LogP contribution in [0.5, 0.6) is 0 Å². The van der Waals surface area contributed by atoms with E-state index in [1.54, 1.807) is 45.0 Å². The van der Waals surface area contributed by atoms with E-state index in [-0.39, 0.29) is 27.8 Å². The second-order valence-electron chi connectivity index (χ2n) is 11.0. The van der Waals surface area contributed by atoms with Crippen molar-refractivity contribution in [3.05, 3.63) is 71.1 Å². The van der Waals surface area contributed by atoms with Gasteiger partial charge in [-0.2, -0.15) is 18.3 Å². The number of alkyl halides is 3. The fourth-order valence-corrected chi connectivity index (χ4v) is 4.55. The summed E-state index contributed by atoms with van der Waals surface area (Å²) in [5.74, 6) is -1.52. The molecule has 0 fully saturated rings. The number of hydrogen-bond donors (Lipinski definition) is 1. The van der Waals surface area contributed by atoms with E-state index in [0.717, 1.165) is 33.5 Å². The first-order valence-electron chi connectivity index (χ1n) is 13.4. The molecule has 17 heteroatoms. The van der Waals surface area contributed by atoms with Crippen LogP contribution < -0.4 is 4.72 Å². The van der Waals surface area contributed by atoms with Gasteiger partial charge in [0.25, 0.3) is 16.3 Å². The Morgan fingerprint density at radius 1 is 1.11 bits per heavy atom. The van der Waals surface area contributed by atoms with Gasteiger partial charge in [0.2, 0.25) is 11.2 Å². The summed E-state index contributed by atoms with van der Waals surface area (Å²) in [6.07, 6.45) is -6.32. The third-order valence-electron chi connectivity index (χ3n) is 6.09. The number of halogens is 3. The monoisotopic (exact) mass is 654 g/mol. The Morgan fingerprint density at radius 2 is 1.71 bits per heavy atom. The quantitative estimate of drug-likeness (QED) is 0.101. The van der Waals surface area contributed by atoms with Crippen LogP contribution in [-0.2, 0) is 35.4 Å². The highest BCUT2D eigenvalue weighted by atomic mass is 32.2. The van der Waals surface area contributed by atoms with E-state index < -0.39 is 51.9 Å². The molecule has 0 bridgehead atoms. The molecular weight excluding hydrogens is 621 g/mol. The summed E-state index contributed by atoms with van der Waals surface area (Å²) in [6.45, 7) is 7.81. The van der Waals surface area contributed by atoms with E-state index in [1.807, 2.05) is 11.6 Å². The van der Waals surface area contributed by atoms with Crippen LogP contribution in [0.15, 0.2) is 64.8 Å². The number of rotatable bonds is 11. The maximum absolute atomic E-state index is 13.5. The van der Waals surface area contributed by atoms with Crippen LogP contribution in [0, 0.1) is 17.5 Å². The van der Waals surface area contributed by atoms with E-state index in [4.69, 9.17) is 9.57 Å². The summed E-state index contributed by atoms with van der Waals surface area (Å²) >= 11 is 0. The van der Waals surface area contributed by atoms with Crippen molar-refractivity contribution in [1.29, 1.82) is 0 Å². The number of carbonyl (C=O) groups is 2. The lowest BCUT2D eigenvalue weighted by atomic mass is 9.97. The predicted molar refractivity (Wildman–Crippen MR) is 153 cm³/mol. The minimum absolute atomic E-state index is 0.00766. The maximum Gasteiger partial charge on any atom is 0.435 e. The number of carbonyl (C=O) groups excluding carboxylic acids is 2. The number of esters is 1. The summed E-state index contributed by atoms with van der Waals surface area (Å²) in [4.78, 5) is 28.7. The molecule has 1 amide bonds. The third kappa shape index (κ3) is 9.41. The molecule has 1 N–H and O–H groups in total. The van der Waals surface area contributed by atoms with Crippen molar-refractivity contribution in [2.45, 2.75) is 58.4 Å². The zero-order valence-electron chi connectivity index (χ0n) is 25.3. The van der Waals surface area contributed by atoms with Gasteiger partial charge in [-0.05, 0) is 58.0 Å². The van der Waals surface area contributed by atoms with Crippen molar-refractivity contribution in [3.8, 4) is 16.9 Å². The van der Waals surface area contributed by atoms with Gasteiger partial charge in [-0.1, -0.05) is 29.8 Å². The number of aryl methyl sites for hydroxylation is 1. The van der Waals surface area contributed by atoms with E-state index in [0.29, 0.717) is 5.56 Å². The zero-order chi connectivity index (χ0) is 33.7. The van der Waals surface area contributed by atoms with E-state index in [9.17, 15) is 36.4 Å². The lowest BCUT2D eigenvalue weighted by molar-refractivity contribution is -0.707. The predicted octanol–water partition coefficient (Wildman–Crippen LogP) is 4.74. The first-order valence-corrected chi connectivity index (χ1v) is 14.9. The van der Waals surface area contributed by atoms with Crippen LogP contribution in [0.4, 0.5) is 13.2 Å². The second-order valence-corrected chi connectivity index (χ2v) is 12.7. The molecule has 0 aliphatic carbocycles. The minimum Gasteiger partial charge on any atom is -0.569 e. The molecule has 0 aliphatic heterocycles. The van der Waals surface area contributed by atoms with E-state index in [1.165, 1.54) is 26.1 Å². The maximum atomic E-state index is 13.5. The summed E-state index contributed by atoms with van der Waals surface area (Å²) in [7, 11) is -3.11. The zero-order valence-corrected chi connectivity index (χ0v) is 26.1. The molecule has 0 saturated heterocycles. The van der Waals surface area contributed by atoms with Crippen LogP contribution in [0.25, 0.3) is 16.9 Å². The molecule has 1 atom stereocenters. The lowest BCUT2D eigenvalue weighted by Gasteiger charge is -2.19. The number of benzene rings is 2. The van der Waals surface area contributed by atoms with Crippen LogP contribution in [0.3, 0.4) is 0 Å². The average molecular weight is 655 g/mol. The fraction of sp³-hybridized carbons (Fsp3) is 0.393. The van der Waals surface area contributed by atoms with Crippen molar-refractivity contribution in [1.82, 2.24) is 19.5 Å². The number of hydrogen-bond acceptors (Lipinski definition) is 9. The topological polar surface area (TPSA) is 158 Å². The van der Waals surface area contributed by atoms with Gasteiger partial charge in [0.15, 0.2) is 5.69 Å². The van der Waals surface area contributed by atoms with Gasteiger partial charge >= 0.3 is 12.1 Å². The van der Waals surface area contributed by atoms with Crippen LogP contribution >= 0.6 is 0 Å². The smallest absolute Gasteiger partial charge is 0.435 e. The Hall–Kier alpha value is -4.67. The number of sulfonamides is 1. The van der Waals surface area contributed by atoms with Gasteiger partial charge in [-0.15, -0.1) is 5.01 Å². The van der Waals surface area contributed by atoms with Crippen LogP contribution in [0.1, 0.15) is 45.4 Å². The van der Waals surface area contributed by atoms with Crippen LogP contribution in [-0.4, -0.2) is 59.9 Å². The highest BCUT2D eigenvalue weighted by Crippen LogP contribution is 2.33. The molecule has 0 spiro atoms. The molecule has 13 nitrogen and oxygen atoms in total. The number of aromatic nitrogens is 2. The number of hydrazine groups is 1. The Kier molecular flexibility index (Phi) is 10.5. The van der Waals surface area contributed by atoms with Gasteiger partial charge in [0.05, 0.1) is 46.7 Å². The fourth-order valence-electron chi connectivity index (χ4n) is 3.54. The highest BCUT2D eigenvalue weighted by Gasteiger charge is 2.35. The number of amides is 1. The van der Waals surface area contributed by atoms with Crippen molar-refractivity contribution < 1.29 is 45.7 Å². The molecule has 244 valence electrons. The average Bonchev–Trinajstić information content (AvgIpc) is 3.41. The van der Waals surface area contributed by atoms with Gasteiger partial charge in [0, 0.05) is 12.5 Å². The summed E-state index contributed by atoms with van der Waals surface area (Å²) in [5.41, 5.74) is -0.262. The standard InChI is InChI=1S/C28H33F3N6O7S/c1-18-7-9-20(10-8-18)23-17-24(28(29,30)31)32-36(23)21-11-13-22(14-12-21)45(41,42)33-25(38)15-16-35(6)37(40)34-44-19(2)43-26(39)27(3,4)5/h7-14,17,19H,15-16H2,1-6H3,(H,33,38)/b37-34-. The number of nitrogens with one attached hydrogen (secondary N) is 1. The van der Waals surface area contributed by atoms with Crippen LogP contribution in [0.2, 0.25) is 0 Å². The minimum atomic E-state index is -4.71. The van der Waals surface area contributed by atoms with E-state index in [2.05, 4.69) is 10.4 Å². The molecule has 45 heavy (non-hydrogen) atoms. The second kappa shape index (κ2) is 13.5. The lowest BCUT2D eigenvalue weighted by Crippen LogP contribution is -2.35. The normalized spacial score (nSPS) is 13.2. The van der Waals surface area contributed by atoms with Gasteiger partial charge in [0.1, 0.15) is 0 Å². The molecule has 3 rings (SSSR count). The highest BCUT2D eigenvalue weighted by molar-refractivity contribution is 7.90. The summed E-state index contributed by atoms with van der Waals surface area (Å²) in [6, 6.07) is 12.4. The summed E-state index contributed by atoms with van der Waals surface area (Å²) < 4.78 is 73.9. The Labute approximate surface area is 257 Å². The van der Waals surface area contributed by atoms with Gasteiger partial charge < -0.3 is 9.94 Å². The molecule has 1 unspecified atom stereocenters. The molecule has 0 radical (unpaired) electrons. The van der Waals surface area contributed by atoms with Crippen molar-refractivity contribution in [2.24, 2.45) is 10.7 Å². The van der Waals surface area contributed by atoms with Crippen molar-refractivity contribution >= 4 is 21.9 Å². The molecule has 1 heterocycles. The van der Waals surface area contributed by atoms with Gasteiger partial charge in [-0.25, -0.2) is 17.8 Å². The number of ether oxygens (including phenoxy) is 1. The summed E-state index contributed by atoms with van der Waals surface area (Å²) in [5, 5.41) is 19.9. The van der Waals surface area contributed by atoms with Crippen molar-refractivity contribution in [3.63, 3.8) is 0 Å². The Balaban J connectivity index is 1.65. The first-order chi connectivity index (χ1) is 20.8. The van der Waals surface area contributed by atoms with Crippen molar-refractivity contribution in [2.75, 3.05) is 13.6 Å². The molecule has 0 saturated carbocycles. The molecule has 2 aromatic carbocycles. The first kappa shape index (κ1) is 34.8. The molecule has 1 aromatic heterocycles. The SMILES string of the molecule is Cc1ccc(-c2cc(C(F)(F)F)nn2-c2ccc(S(=O)(=O)NC(=O)CCN(C)/[N+]([O-])=N/OC(C)OC(=O)C(C)(C)C)cc2)cc1. The molecule has 3 aromatic rings. The largest absolute Gasteiger partial charge is 0.569 e. The molecular formula is C28H33F3N6O7S. The van der Waals surface area contributed by atoms with E-state index >= 15 is 0 Å². The Bertz CT molecular complexity index is 1650.